The summed E-state index contributed by atoms with van der Waals surface area (Å²) < 4.78 is 25.7. The molecule has 5 atom stereocenters. The van der Waals surface area contributed by atoms with Crippen LogP contribution in [-0.2, 0) is 16.0 Å². The Bertz CT molecular complexity index is 950. The van der Waals surface area contributed by atoms with Gasteiger partial charge in [0.2, 0.25) is 12.2 Å². The van der Waals surface area contributed by atoms with Crippen LogP contribution in [0.2, 0.25) is 0 Å². The number of halogens is 1. The van der Waals surface area contributed by atoms with Crippen molar-refractivity contribution in [2.24, 2.45) is 5.92 Å². The molecule has 32 heavy (non-hydrogen) atoms. The maximum atomic E-state index is 13.9. The molecule has 0 bridgehead atoms. The molecule has 3 rings (SSSR count). The van der Waals surface area contributed by atoms with Crippen molar-refractivity contribution in [3.63, 3.8) is 0 Å². The van der Waals surface area contributed by atoms with Gasteiger partial charge in [-0.1, -0.05) is 31.2 Å². The van der Waals surface area contributed by atoms with Crippen LogP contribution in [0.1, 0.15) is 25.8 Å². The second-order valence-electron chi connectivity index (χ2n) is 8.09. The smallest absolute Gasteiger partial charge is 0.228 e. The van der Waals surface area contributed by atoms with E-state index in [0.29, 0.717) is 30.7 Å². The van der Waals surface area contributed by atoms with Gasteiger partial charge < -0.3 is 25.0 Å². The first-order valence-corrected chi connectivity index (χ1v) is 10.7. The Morgan fingerprint density at radius 1 is 1.25 bits per heavy atom. The van der Waals surface area contributed by atoms with Crippen molar-refractivity contribution < 1.29 is 28.9 Å². The maximum Gasteiger partial charge on any atom is 0.228 e. The minimum atomic E-state index is -1.22. The molecule has 3 N–H and O–H groups in total. The van der Waals surface area contributed by atoms with Gasteiger partial charge in [-0.3, -0.25) is 4.79 Å². The van der Waals surface area contributed by atoms with Crippen molar-refractivity contribution in [3.8, 4) is 16.9 Å². The molecule has 1 heterocycles. The van der Waals surface area contributed by atoms with Crippen LogP contribution in [0.5, 0.6) is 5.75 Å². The highest BCUT2D eigenvalue weighted by atomic mass is 19.1. The molecule has 1 aliphatic heterocycles. The van der Waals surface area contributed by atoms with E-state index in [1.54, 1.807) is 30.3 Å². The molecule has 0 radical (unpaired) electrons. The highest BCUT2D eigenvalue weighted by Gasteiger charge is 2.42. The fraction of sp³-hybridized carbons (Fsp3) is 0.400. The lowest BCUT2D eigenvalue weighted by Crippen LogP contribution is -2.55. The Morgan fingerprint density at radius 2 is 2.03 bits per heavy atom. The van der Waals surface area contributed by atoms with E-state index in [1.807, 2.05) is 13.0 Å². The molecule has 0 unspecified atom stereocenters. The van der Waals surface area contributed by atoms with Crippen LogP contribution < -0.4 is 10.1 Å². The number of nitrogens with one attached hydrogen (secondary N) is 1. The number of benzene rings is 2. The summed E-state index contributed by atoms with van der Waals surface area (Å²) >= 11 is 0. The zero-order chi connectivity index (χ0) is 23.3. The fourth-order valence-electron chi connectivity index (χ4n) is 3.88. The first-order valence-electron chi connectivity index (χ1n) is 10.7. The molecular weight excluding hydrogens is 413 g/mol. The minimum Gasteiger partial charge on any atom is -0.462 e. The first kappa shape index (κ1) is 23.9. The summed E-state index contributed by atoms with van der Waals surface area (Å²) in [6, 6.07) is 11.5. The zero-order valence-corrected chi connectivity index (χ0v) is 18.3. The number of hydrogen-bond acceptors (Lipinski definition) is 5. The molecule has 172 valence electrons. The summed E-state index contributed by atoms with van der Waals surface area (Å²) in [4.78, 5) is 11.2. The van der Waals surface area contributed by atoms with E-state index in [2.05, 4.69) is 11.9 Å². The monoisotopic (exact) mass is 443 g/mol. The van der Waals surface area contributed by atoms with Gasteiger partial charge in [0, 0.05) is 19.4 Å². The number of hydrogen-bond donors (Lipinski definition) is 3. The Balaban J connectivity index is 1.87. The summed E-state index contributed by atoms with van der Waals surface area (Å²) in [7, 11) is 0. The Hall–Kier alpha value is -2.74. The van der Waals surface area contributed by atoms with Gasteiger partial charge in [-0.2, -0.15) is 0 Å². The molecule has 0 saturated carbocycles. The number of rotatable bonds is 8. The second kappa shape index (κ2) is 10.7. The number of aliphatic hydroxyl groups is 2. The normalized spacial score (nSPS) is 25.2. The molecule has 1 fully saturated rings. The standard InChI is InChI=1S/C25H30FNO5/c1-4-6-22-15(2)23(29)24(30)25(32-22)31-20-10-9-17(11-12-27-16(3)28)21(14-20)18-7-5-8-19(26)13-18/h4-5,7-10,13-15,22-25,29-30H,1,6,11-12H2,2-3H3,(H,27,28)/t15-,22+,23+,24+,25-/m0/s1. The van der Waals surface area contributed by atoms with Crippen LogP contribution in [0.4, 0.5) is 4.39 Å². The van der Waals surface area contributed by atoms with Gasteiger partial charge in [-0.25, -0.2) is 4.39 Å². The molecule has 1 amide bonds. The fourth-order valence-corrected chi connectivity index (χ4v) is 3.88. The quantitative estimate of drug-likeness (QED) is 0.546. The van der Waals surface area contributed by atoms with Crippen molar-refractivity contribution in [3.05, 3.63) is 66.5 Å². The molecule has 1 saturated heterocycles. The highest BCUT2D eigenvalue weighted by molar-refractivity contribution is 5.73. The van der Waals surface area contributed by atoms with Crippen molar-refractivity contribution in [2.45, 2.75) is 51.3 Å². The lowest BCUT2D eigenvalue weighted by molar-refractivity contribution is -0.254. The molecule has 0 spiro atoms. The van der Waals surface area contributed by atoms with Crippen molar-refractivity contribution in [1.29, 1.82) is 0 Å². The summed E-state index contributed by atoms with van der Waals surface area (Å²) in [5, 5.41) is 23.7. The van der Waals surface area contributed by atoms with Crippen LogP contribution >= 0.6 is 0 Å². The van der Waals surface area contributed by atoms with Crippen molar-refractivity contribution >= 4 is 5.91 Å². The molecule has 0 aromatic heterocycles. The van der Waals surface area contributed by atoms with Gasteiger partial charge in [0.05, 0.1) is 12.2 Å². The maximum absolute atomic E-state index is 13.9. The number of carbonyl (C=O) groups excluding carboxylic acids is 1. The van der Waals surface area contributed by atoms with Gasteiger partial charge in [-0.15, -0.1) is 6.58 Å². The van der Waals surface area contributed by atoms with E-state index in [9.17, 15) is 19.4 Å². The highest BCUT2D eigenvalue weighted by Crippen LogP contribution is 2.33. The Labute approximate surface area is 187 Å². The molecule has 0 aliphatic carbocycles. The first-order chi connectivity index (χ1) is 15.3. The van der Waals surface area contributed by atoms with E-state index in [1.165, 1.54) is 19.1 Å². The third-order valence-electron chi connectivity index (χ3n) is 5.70. The molecule has 6 nitrogen and oxygen atoms in total. The lowest BCUT2D eigenvalue weighted by Gasteiger charge is -2.41. The van der Waals surface area contributed by atoms with Crippen LogP contribution in [-0.4, -0.2) is 47.3 Å². The van der Waals surface area contributed by atoms with Crippen LogP contribution in [0.3, 0.4) is 0 Å². The number of aliphatic hydroxyl groups excluding tert-OH is 2. The molecule has 7 heteroatoms. The van der Waals surface area contributed by atoms with Gasteiger partial charge in [-0.05, 0) is 53.8 Å². The van der Waals surface area contributed by atoms with E-state index in [4.69, 9.17) is 9.47 Å². The van der Waals surface area contributed by atoms with E-state index in [0.717, 1.165) is 11.1 Å². The largest absolute Gasteiger partial charge is 0.462 e. The van der Waals surface area contributed by atoms with Gasteiger partial charge in [0.1, 0.15) is 17.7 Å². The SMILES string of the molecule is C=CC[C@H]1O[C@H](Oc2ccc(CCNC(C)=O)c(-c3cccc(F)c3)c2)[C@H](O)[C@H](O)[C@H]1C. The predicted molar refractivity (Wildman–Crippen MR) is 120 cm³/mol. The van der Waals surface area contributed by atoms with Crippen LogP contribution in [0, 0.1) is 11.7 Å². The summed E-state index contributed by atoms with van der Waals surface area (Å²) in [6.07, 6.45) is -0.851. The lowest BCUT2D eigenvalue weighted by atomic mass is 9.89. The zero-order valence-electron chi connectivity index (χ0n) is 18.3. The average Bonchev–Trinajstić information content (AvgIpc) is 2.76. The molecule has 2 aromatic rings. The van der Waals surface area contributed by atoms with Crippen LogP contribution in [0.15, 0.2) is 55.1 Å². The van der Waals surface area contributed by atoms with Crippen molar-refractivity contribution in [2.75, 3.05) is 6.54 Å². The summed E-state index contributed by atoms with van der Waals surface area (Å²) in [5.41, 5.74) is 2.31. The average molecular weight is 444 g/mol. The van der Waals surface area contributed by atoms with Crippen LogP contribution in [0.25, 0.3) is 11.1 Å². The predicted octanol–water partition coefficient (Wildman–Crippen LogP) is 3.21. The Morgan fingerprint density at radius 3 is 2.72 bits per heavy atom. The van der Waals surface area contributed by atoms with E-state index >= 15 is 0 Å². The topological polar surface area (TPSA) is 88.0 Å². The van der Waals surface area contributed by atoms with Gasteiger partial charge >= 0.3 is 0 Å². The van der Waals surface area contributed by atoms with E-state index < -0.39 is 18.5 Å². The number of carbonyl (C=O) groups is 1. The summed E-state index contributed by atoms with van der Waals surface area (Å²) in [5.74, 6) is -0.350. The third kappa shape index (κ3) is 5.73. The Kier molecular flexibility index (Phi) is 8.01. The minimum absolute atomic E-state index is 0.123. The molecule has 1 aliphatic rings. The van der Waals surface area contributed by atoms with Gasteiger partial charge in [0.25, 0.3) is 0 Å². The third-order valence-corrected chi connectivity index (χ3v) is 5.70. The van der Waals surface area contributed by atoms with E-state index in [-0.39, 0.29) is 23.7 Å². The second-order valence-corrected chi connectivity index (χ2v) is 8.09. The summed E-state index contributed by atoms with van der Waals surface area (Å²) in [6.45, 7) is 7.42. The van der Waals surface area contributed by atoms with Gasteiger partial charge in [0.15, 0.2) is 0 Å². The number of ether oxygens (including phenoxy) is 2. The molecule has 2 aromatic carbocycles. The molecular formula is C25H30FNO5. The number of amides is 1. The van der Waals surface area contributed by atoms with Crippen molar-refractivity contribution in [1.82, 2.24) is 5.32 Å².